The number of carbonyl (C=O) groups is 1. The molecular formula is C26H27NO3. The molecule has 0 N–H and O–H groups in total. The van der Waals surface area contributed by atoms with Crippen molar-refractivity contribution in [3.8, 4) is 17.2 Å². The largest absolute Gasteiger partial charge is 0.497 e. The fraction of sp³-hybridized carbons (Fsp3) is 0.269. The van der Waals surface area contributed by atoms with Crippen LogP contribution in [0.3, 0.4) is 0 Å². The van der Waals surface area contributed by atoms with Crippen molar-refractivity contribution in [2.75, 3.05) is 26.7 Å². The van der Waals surface area contributed by atoms with Crippen molar-refractivity contribution in [2.45, 2.75) is 18.8 Å². The van der Waals surface area contributed by atoms with Gasteiger partial charge in [0.05, 0.1) is 13.7 Å². The number of hydrogen-bond donors (Lipinski definition) is 0. The number of ketones is 1. The Balaban J connectivity index is 1.28. The fourth-order valence-electron chi connectivity index (χ4n) is 3.93. The van der Waals surface area contributed by atoms with Crippen LogP contribution in [0.5, 0.6) is 17.2 Å². The second-order valence-corrected chi connectivity index (χ2v) is 7.69. The SMILES string of the molecule is COc1ccc(C(=O)CN2CCC(c3ccc(Oc4ccccc4)cc3)CC2)cc1. The first-order chi connectivity index (χ1) is 14.7. The quantitative estimate of drug-likeness (QED) is 0.487. The van der Waals surface area contributed by atoms with Crippen molar-refractivity contribution in [1.29, 1.82) is 0 Å². The van der Waals surface area contributed by atoms with Crippen molar-refractivity contribution in [3.05, 3.63) is 90.0 Å². The smallest absolute Gasteiger partial charge is 0.176 e. The molecule has 0 amide bonds. The number of carbonyl (C=O) groups excluding carboxylic acids is 1. The summed E-state index contributed by atoms with van der Waals surface area (Å²) in [6, 6.07) is 25.6. The van der Waals surface area contributed by atoms with Crippen molar-refractivity contribution < 1.29 is 14.3 Å². The van der Waals surface area contributed by atoms with E-state index in [-0.39, 0.29) is 5.78 Å². The van der Waals surface area contributed by atoms with Crippen LogP contribution < -0.4 is 9.47 Å². The van der Waals surface area contributed by atoms with Gasteiger partial charge in [0.15, 0.2) is 5.78 Å². The molecule has 0 spiro atoms. The summed E-state index contributed by atoms with van der Waals surface area (Å²) in [6.07, 6.45) is 2.13. The molecular weight excluding hydrogens is 374 g/mol. The number of para-hydroxylation sites is 1. The lowest BCUT2D eigenvalue weighted by Crippen LogP contribution is -2.36. The summed E-state index contributed by atoms with van der Waals surface area (Å²) in [5.41, 5.74) is 2.09. The average Bonchev–Trinajstić information content (AvgIpc) is 2.81. The Bertz CT molecular complexity index is 944. The molecule has 3 aromatic carbocycles. The van der Waals surface area contributed by atoms with E-state index in [0.29, 0.717) is 12.5 Å². The van der Waals surface area contributed by atoms with Gasteiger partial charge in [-0.3, -0.25) is 9.69 Å². The Kier molecular flexibility index (Phi) is 6.45. The van der Waals surface area contributed by atoms with E-state index in [1.54, 1.807) is 7.11 Å². The van der Waals surface area contributed by atoms with Crippen LogP contribution in [0.2, 0.25) is 0 Å². The van der Waals surface area contributed by atoms with Gasteiger partial charge in [-0.1, -0.05) is 30.3 Å². The molecule has 0 bridgehead atoms. The van der Waals surface area contributed by atoms with E-state index < -0.39 is 0 Å². The van der Waals surface area contributed by atoms with Gasteiger partial charge in [0.2, 0.25) is 0 Å². The maximum Gasteiger partial charge on any atom is 0.176 e. The summed E-state index contributed by atoms with van der Waals surface area (Å²) in [5, 5.41) is 0. The van der Waals surface area contributed by atoms with Gasteiger partial charge in [-0.05, 0) is 85.9 Å². The van der Waals surface area contributed by atoms with Crippen molar-refractivity contribution in [1.82, 2.24) is 4.90 Å². The Labute approximate surface area is 178 Å². The third-order valence-electron chi connectivity index (χ3n) is 5.70. The van der Waals surface area contributed by atoms with Crippen LogP contribution in [0.4, 0.5) is 0 Å². The van der Waals surface area contributed by atoms with Gasteiger partial charge in [0.1, 0.15) is 17.2 Å². The summed E-state index contributed by atoms with van der Waals surface area (Å²) in [4.78, 5) is 14.8. The highest BCUT2D eigenvalue weighted by molar-refractivity contribution is 5.97. The minimum Gasteiger partial charge on any atom is -0.497 e. The van der Waals surface area contributed by atoms with E-state index in [9.17, 15) is 4.79 Å². The van der Waals surface area contributed by atoms with Gasteiger partial charge >= 0.3 is 0 Å². The Hall–Kier alpha value is -3.11. The number of likely N-dealkylation sites (tertiary alicyclic amines) is 1. The number of Topliss-reactive ketones (excluding diaryl/α,β-unsaturated/α-hetero) is 1. The van der Waals surface area contributed by atoms with Crippen LogP contribution in [0.25, 0.3) is 0 Å². The summed E-state index contributed by atoms with van der Waals surface area (Å²) >= 11 is 0. The normalized spacial score (nSPS) is 15.0. The highest BCUT2D eigenvalue weighted by atomic mass is 16.5. The van der Waals surface area contributed by atoms with Gasteiger partial charge in [0.25, 0.3) is 0 Å². The molecule has 1 aliphatic heterocycles. The molecule has 1 aliphatic rings. The lowest BCUT2D eigenvalue weighted by atomic mass is 9.89. The Morgan fingerprint density at radius 2 is 1.43 bits per heavy atom. The molecule has 1 saturated heterocycles. The molecule has 0 atom stereocenters. The number of piperidine rings is 1. The molecule has 0 unspecified atom stereocenters. The Morgan fingerprint density at radius 1 is 0.833 bits per heavy atom. The second kappa shape index (κ2) is 9.59. The molecule has 0 aromatic heterocycles. The molecule has 4 nitrogen and oxygen atoms in total. The lowest BCUT2D eigenvalue weighted by Gasteiger charge is -2.31. The maximum absolute atomic E-state index is 12.6. The average molecular weight is 402 g/mol. The standard InChI is InChI=1S/C26H27NO3/c1-29-23-11-9-22(10-12-23)26(28)19-27-17-15-21(16-18-27)20-7-13-25(14-8-20)30-24-5-3-2-4-6-24/h2-14,21H,15-19H2,1H3. The molecule has 154 valence electrons. The minimum absolute atomic E-state index is 0.165. The number of methoxy groups -OCH3 is 1. The Morgan fingerprint density at radius 3 is 2.07 bits per heavy atom. The predicted octanol–water partition coefficient (Wildman–Crippen LogP) is 5.55. The van der Waals surface area contributed by atoms with Crippen LogP contribution >= 0.6 is 0 Å². The number of rotatable bonds is 7. The van der Waals surface area contributed by atoms with E-state index in [1.807, 2.05) is 66.7 Å². The van der Waals surface area contributed by atoms with Gasteiger partial charge < -0.3 is 9.47 Å². The molecule has 1 fully saturated rings. The molecule has 4 heteroatoms. The van der Waals surface area contributed by atoms with Gasteiger partial charge in [-0.2, -0.15) is 0 Å². The summed E-state index contributed by atoms with van der Waals surface area (Å²) < 4.78 is 11.0. The molecule has 0 saturated carbocycles. The minimum atomic E-state index is 0.165. The van der Waals surface area contributed by atoms with Gasteiger partial charge in [-0.15, -0.1) is 0 Å². The third-order valence-corrected chi connectivity index (χ3v) is 5.70. The van der Waals surface area contributed by atoms with E-state index in [4.69, 9.17) is 9.47 Å². The molecule has 1 heterocycles. The third kappa shape index (κ3) is 5.08. The molecule has 0 radical (unpaired) electrons. The van der Waals surface area contributed by atoms with Crippen molar-refractivity contribution in [2.24, 2.45) is 0 Å². The zero-order valence-corrected chi connectivity index (χ0v) is 17.3. The first-order valence-electron chi connectivity index (χ1n) is 10.4. The van der Waals surface area contributed by atoms with Gasteiger partial charge in [-0.25, -0.2) is 0 Å². The first-order valence-corrected chi connectivity index (χ1v) is 10.4. The summed E-state index contributed by atoms with van der Waals surface area (Å²) in [7, 11) is 1.63. The predicted molar refractivity (Wildman–Crippen MR) is 119 cm³/mol. The highest BCUT2D eigenvalue weighted by Crippen LogP contribution is 2.30. The number of ether oxygens (including phenoxy) is 2. The topological polar surface area (TPSA) is 38.8 Å². The van der Waals surface area contributed by atoms with E-state index in [0.717, 1.165) is 48.7 Å². The van der Waals surface area contributed by atoms with Crippen LogP contribution in [-0.4, -0.2) is 37.4 Å². The van der Waals surface area contributed by atoms with E-state index >= 15 is 0 Å². The van der Waals surface area contributed by atoms with Gasteiger partial charge in [0, 0.05) is 5.56 Å². The van der Waals surface area contributed by atoms with E-state index in [2.05, 4.69) is 17.0 Å². The van der Waals surface area contributed by atoms with Crippen LogP contribution in [0, 0.1) is 0 Å². The fourth-order valence-corrected chi connectivity index (χ4v) is 3.93. The lowest BCUT2D eigenvalue weighted by molar-refractivity contribution is 0.0909. The molecule has 0 aliphatic carbocycles. The van der Waals surface area contributed by atoms with Crippen molar-refractivity contribution >= 4 is 5.78 Å². The maximum atomic E-state index is 12.6. The number of benzene rings is 3. The zero-order valence-electron chi connectivity index (χ0n) is 17.3. The summed E-state index contributed by atoms with van der Waals surface area (Å²) in [5.74, 6) is 3.17. The summed E-state index contributed by atoms with van der Waals surface area (Å²) in [6.45, 7) is 2.35. The molecule has 4 rings (SSSR count). The molecule has 30 heavy (non-hydrogen) atoms. The zero-order chi connectivity index (χ0) is 20.8. The first kappa shape index (κ1) is 20.2. The number of nitrogens with zero attached hydrogens (tertiary/aromatic N) is 1. The van der Waals surface area contributed by atoms with Crippen LogP contribution in [0.1, 0.15) is 34.7 Å². The highest BCUT2D eigenvalue weighted by Gasteiger charge is 2.22. The molecule has 3 aromatic rings. The number of hydrogen-bond acceptors (Lipinski definition) is 4. The van der Waals surface area contributed by atoms with Crippen LogP contribution in [0.15, 0.2) is 78.9 Å². The van der Waals surface area contributed by atoms with E-state index in [1.165, 1.54) is 5.56 Å². The monoisotopic (exact) mass is 401 g/mol. The van der Waals surface area contributed by atoms with Crippen molar-refractivity contribution in [3.63, 3.8) is 0 Å². The van der Waals surface area contributed by atoms with Crippen LogP contribution in [-0.2, 0) is 0 Å². The second-order valence-electron chi connectivity index (χ2n) is 7.69.